The molecule has 2 heterocycles. The average molecular weight is 431 g/mol. The molecule has 2 aromatic carbocycles. The standard InChI is InChI=1S/C22H20ClFN2O4/c1-22(13-14-4-2-3-5-16(14)20(28)30-22)21(29)26-10-8-25(9-11-26)19(27)17-12-15(23)6-7-18(17)24/h2-7,12H,8-11,13H2,1H3. The maximum absolute atomic E-state index is 14.0. The second-order valence-electron chi connectivity index (χ2n) is 7.66. The lowest BCUT2D eigenvalue weighted by molar-refractivity contribution is -0.152. The van der Waals surface area contributed by atoms with Crippen molar-refractivity contribution in [3.05, 3.63) is 70.0 Å². The molecule has 156 valence electrons. The minimum absolute atomic E-state index is 0.0907. The molecule has 0 spiro atoms. The van der Waals surface area contributed by atoms with Crippen molar-refractivity contribution in [3.8, 4) is 0 Å². The third-order valence-corrected chi connectivity index (χ3v) is 5.78. The molecule has 1 fully saturated rings. The number of fused-ring (bicyclic) bond motifs is 1. The molecule has 4 rings (SSSR count). The van der Waals surface area contributed by atoms with Crippen molar-refractivity contribution in [1.82, 2.24) is 9.80 Å². The third kappa shape index (κ3) is 3.65. The van der Waals surface area contributed by atoms with Crippen LogP contribution in [-0.2, 0) is 16.0 Å². The van der Waals surface area contributed by atoms with Crippen molar-refractivity contribution < 1.29 is 23.5 Å². The Balaban J connectivity index is 1.44. The number of benzene rings is 2. The molecule has 0 saturated carbocycles. The molecule has 2 aliphatic rings. The van der Waals surface area contributed by atoms with Crippen LogP contribution in [0.4, 0.5) is 4.39 Å². The predicted octanol–water partition coefficient (Wildman–Crippen LogP) is 2.94. The summed E-state index contributed by atoms with van der Waals surface area (Å²) in [4.78, 5) is 41.2. The van der Waals surface area contributed by atoms with Gasteiger partial charge in [-0.1, -0.05) is 29.8 Å². The van der Waals surface area contributed by atoms with Crippen LogP contribution in [0.2, 0.25) is 5.02 Å². The van der Waals surface area contributed by atoms with Gasteiger partial charge in [-0.05, 0) is 36.8 Å². The second-order valence-corrected chi connectivity index (χ2v) is 8.10. The summed E-state index contributed by atoms with van der Waals surface area (Å²) in [5.74, 6) is -1.92. The summed E-state index contributed by atoms with van der Waals surface area (Å²) >= 11 is 5.88. The van der Waals surface area contributed by atoms with E-state index in [-0.39, 0.29) is 42.7 Å². The zero-order valence-electron chi connectivity index (χ0n) is 16.4. The van der Waals surface area contributed by atoms with Gasteiger partial charge in [0.25, 0.3) is 11.8 Å². The predicted molar refractivity (Wildman–Crippen MR) is 108 cm³/mol. The van der Waals surface area contributed by atoms with E-state index in [1.807, 2.05) is 12.1 Å². The topological polar surface area (TPSA) is 66.9 Å². The lowest BCUT2D eigenvalue weighted by Crippen LogP contribution is -2.58. The first kappa shape index (κ1) is 20.3. The number of carbonyl (C=O) groups is 3. The Bertz CT molecular complexity index is 1040. The molecule has 1 unspecified atom stereocenters. The van der Waals surface area contributed by atoms with Crippen molar-refractivity contribution in [2.45, 2.75) is 18.9 Å². The molecule has 1 atom stereocenters. The van der Waals surface area contributed by atoms with E-state index in [1.165, 1.54) is 17.0 Å². The number of carbonyl (C=O) groups excluding carboxylic acids is 3. The Morgan fingerprint density at radius 1 is 1.07 bits per heavy atom. The van der Waals surface area contributed by atoms with E-state index >= 15 is 0 Å². The fraction of sp³-hybridized carbons (Fsp3) is 0.318. The third-order valence-electron chi connectivity index (χ3n) is 5.55. The highest BCUT2D eigenvalue weighted by Gasteiger charge is 2.45. The Hall–Kier alpha value is -2.93. The van der Waals surface area contributed by atoms with Gasteiger partial charge >= 0.3 is 5.97 Å². The molecule has 8 heteroatoms. The number of hydrogen-bond acceptors (Lipinski definition) is 4. The van der Waals surface area contributed by atoms with Gasteiger partial charge in [-0.2, -0.15) is 0 Å². The normalized spacial score (nSPS) is 21.1. The van der Waals surface area contributed by atoms with Gasteiger partial charge in [0.15, 0.2) is 5.60 Å². The van der Waals surface area contributed by atoms with Crippen molar-refractivity contribution >= 4 is 29.4 Å². The number of halogens is 2. The van der Waals surface area contributed by atoms with E-state index in [1.54, 1.807) is 24.0 Å². The van der Waals surface area contributed by atoms with Crippen molar-refractivity contribution in [2.75, 3.05) is 26.2 Å². The molecule has 1 saturated heterocycles. The Labute approximate surface area is 178 Å². The van der Waals surface area contributed by atoms with Crippen molar-refractivity contribution in [1.29, 1.82) is 0 Å². The fourth-order valence-electron chi connectivity index (χ4n) is 3.93. The molecule has 2 aromatic rings. The lowest BCUT2D eigenvalue weighted by Gasteiger charge is -2.40. The van der Waals surface area contributed by atoms with Crippen molar-refractivity contribution in [2.24, 2.45) is 0 Å². The highest BCUT2D eigenvalue weighted by atomic mass is 35.5. The van der Waals surface area contributed by atoms with E-state index in [0.717, 1.165) is 11.6 Å². The Kier molecular flexibility index (Phi) is 5.24. The van der Waals surface area contributed by atoms with Gasteiger partial charge in [0.1, 0.15) is 5.82 Å². The SMILES string of the molecule is CC1(C(=O)N2CCN(C(=O)c3cc(Cl)ccc3F)CC2)Cc2ccccc2C(=O)O1. The second kappa shape index (κ2) is 7.72. The van der Waals surface area contributed by atoms with Crippen LogP contribution in [-0.4, -0.2) is 59.4 Å². The van der Waals surface area contributed by atoms with Crippen LogP contribution < -0.4 is 0 Å². The molecule has 30 heavy (non-hydrogen) atoms. The smallest absolute Gasteiger partial charge is 0.339 e. The van der Waals surface area contributed by atoms with Crippen LogP contribution in [0, 0.1) is 5.82 Å². The lowest BCUT2D eigenvalue weighted by atomic mass is 9.88. The zero-order chi connectivity index (χ0) is 21.5. The first-order valence-corrected chi connectivity index (χ1v) is 10.0. The van der Waals surface area contributed by atoms with Gasteiger partial charge in [-0.25, -0.2) is 9.18 Å². The minimum Gasteiger partial charge on any atom is -0.445 e. The van der Waals surface area contributed by atoms with Gasteiger partial charge in [0.2, 0.25) is 0 Å². The molecular formula is C22H20ClFN2O4. The average Bonchev–Trinajstić information content (AvgIpc) is 2.74. The first-order valence-electron chi connectivity index (χ1n) is 9.63. The Morgan fingerprint density at radius 2 is 1.73 bits per heavy atom. The van der Waals surface area contributed by atoms with Crippen LogP contribution in [0.5, 0.6) is 0 Å². The van der Waals surface area contributed by atoms with E-state index in [9.17, 15) is 18.8 Å². The van der Waals surface area contributed by atoms with Crippen molar-refractivity contribution in [3.63, 3.8) is 0 Å². The molecule has 0 N–H and O–H groups in total. The summed E-state index contributed by atoms with van der Waals surface area (Å²) in [6, 6.07) is 10.9. The minimum atomic E-state index is -1.29. The number of hydrogen-bond donors (Lipinski definition) is 0. The van der Waals surface area contributed by atoms with Crippen LogP contribution in [0.3, 0.4) is 0 Å². The van der Waals surface area contributed by atoms with E-state index in [4.69, 9.17) is 16.3 Å². The van der Waals surface area contributed by atoms with Crippen LogP contribution >= 0.6 is 11.6 Å². The molecular weight excluding hydrogens is 411 g/mol. The maximum Gasteiger partial charge on any atom is 0.339 e. The largest absolute Gasteiger partial charge is 0.445 e. The summed E-state index contributed by atoms with van der Waals surface area (Å²) in [5, 5.41) is 0.279. The van der Waals surface area contributed by atoms with E-state index in [0.29, 0.717) is 12.0 Å². The van der Waals surface area contributed by atoms with Crippen LogP contribution in [0.15, 0.2) is 42.5 Å². The first-order chi connectivity index (χ1) is 14.3. The van der Waals surface area contributed by atoms with Crippen LogP contribution in [0.25, 0.3) is 0 Å². The molecule has 6 nitrogen and oxygen atoms in total. The highest BCUT2D eigenvalue weighted by molar-refractivity contribution is 6.31. The molecule has 0 radical (unpaired) electrons. The molecule has 0 aliphatic carbocycles. The number of amides is 2. The van der Waals surface area contributed by atoms with Gasteiger partial charge in [-0.15, -0.1) is 0 Å². The number of rotatable bonds is 2. The van der Waals surface area contributed by atoms with E-state index in [2.05, 4.69) is 0 Å². The number of ether oxygens (including phenoxy) is 1. The molecule has 2 aliphatic heterocycles. The summed E-state index contributed by atoms with van der Waals surface area (Å²) in [6.07, 6.45) is 0.292. The molecule has 0 bridgehead atoms. The number of cyclic esters (lactones) is 1. The zero-order valence-corrected chi connectivity index (χ0v) is 17.1. The summed E-state index contributed by atoms with van der Waals surface area (Å²) in [5.41, 5.74) is -0.139. The highest BCUT2D eigenvalue weighted by Crippen LogP contribution is 2.30. The van der Waals surface area contributed by atoms with Gasteiger partial charge in [0.05, 0.1) is 11.1 Å². The summed E-state index contributed by atoms with van der Waals surface area (Å²) in [6.45, 7) is 2.64. The Morgan fingerprint density at radius 3 is 2.47 bits per heavy atom. The fourth-order valence-corrected chi connectivity index (χ4v) is 4.10. The van der Waals surface area contributed by atoms with Gasteiger partial charge < -0.3 is 14.5 Å². The molecule has 2 amide bonds. The maximum atomic E-state index is 14.0. The monoisotopic (exact) mass is 430 g/mol. The quantitative estimate of drug-likeness (QED) is 0.687. The number of piperazine rings is 1. The number of esters is 1. The van der Waals surface area contributed by atoms with E-state index < -0.39 is 23.3 Å². The number of nitrogens with zero attached hydrogens (tertiary/aromatic N) is 2. The summed E-state index contributed by atoms with van der Waals surface area (Å²) < 4.78 is 19.5. The van der Waals surface area contributed by atoms with Gasteiger partial charge in [0, 0.05) is 37.6 Å². The van der Waals surface area contributed by atoms with Gasteiger partial charge in [-0.3, -0.25) is 9.59 Å². The molecule has 0 aromatic heterocycles. The summed E-state index contributed by atoms with van der Waals surface area (Å²) in [7, 11) is 0. The van der Waals surface area contributed by atoms with Crippen LogP contribution in [0.1, 0.15) is 33.2 Å².